The van der Waals surface area contributed by atoms with E-state index >= 15 is 0 Å². The summed E-state index contributed by atoms with van der Waals surface area (Å²) >= 11 is 0. The molecule has 110 valence electrons. The number of methoxy groups -OCH3 is 1. The van der Waals surface area contributed by atoms with Crippen molar-refractivity contribution in [3.8, 4) is 0 Å². The molecule has 2 rings (SSSR count). The monoisotopic (exact) mass is 276 g/mol. The Morgan fingerprint density at radius 1 is 1.40 bits per heavy atom. The zero-order valence-electron chi connectivity index (χ0n) is 12.6. The second kappa shape index (κ2) is 6.86. The van der Waals surface area contributed by atoms with Crippen molar-refractivity contribution in [3.05, 3.63) is 35.0 Å². The standard InChI is InChI=1S/C16H24N2O2/c1-12(2)15-8-14(10-19)9-16(17-15)18-6-4-13(5-7-18)11-20-3/h4,8-9,12,19H,5-7,10-11H2,1-3H3. The van der Waals surface area contributed by atoms with E-state index in [2.05, 4.69) is 24.8 Å². The van der Waals surface area contributed by atoms with Crippen LogP contribution in [0.25, 0.3) is 0 Å². The maximum Gasteiger partial charge on any atom is 0.129 e. The zero-order valence-corrected chi connectivity index (χ0v) is 12.6. The second-order valence-corrected chi connectivity index (χ2v) is 5.56. The van der Waals surface area contributed by atoms with Crippen molar-refractivity contribution in [2.24, 2.45) is 0 Å². The maximum absolute atomic E-state index is 9.40. The number of aliphatic hydroxyl groups excluding tert-OH is 1. The number of anilines is 1. The van der Waals surface area contributed by atoms with E-state index in [1.807, 2.05) is 12.1 Å². The number of ether oxygens (including phenoxy) is 1. The molecule has 1 aliphatic rings. The summed E-state index contributed by atoms with van der Waals surface area (Å²) < 4.78 is 5.17. The summed E-state index contributed by atoms with van der Waals surface area (Å²) in [6.07, 6.45) is 3.23. The van der Waals surface area contributed by atoms with Gasteiger partial charge in [0, 0.05) is 25.9 Å². The lowest BCUT2D eigenvalue weighted by Crippen LogP contribution is -2.30. The van der Waals surface area contributed by atoms with Crippen molar-refractivity contribution in [2.75, 3.05) is 31.7 Å². The fourth-order valence-electron chi connectivity index (χ4n) is 2.38. The Morgan fingerprint density at radius 3 is 2.75 bits per heavy atom. The maximum atomic E-state index is 9.40. The third-order valence-corrected chi connectivity index (χ3v) is 3.62. The van der Waals surface area contributed by atoms with Gasteiger partial charge in [0.2, 0.25) is 0 Å². The molecule has 0 radical (unpaired) electrons. The molecular weight excluding hydrogens is 252 g/mol. The van der Waals surface area contributed by atoms with E-state index < -0.39 is 0 Å². The molecule has 0 spiro atoms. The van der Waals surface area contributed by atoms with Gasteiger partial charge in [0.1, 0.15) is 5.82 Å². The average Bonchev–Trinajstić information content (AvgIpc) is 2.47. The normalized spacial score (nSPS) is 15.7. The fourth-order valence-corrected chi connectivity index (χ4v) is 2.38. The highest BCUT2D eigenvalue weighted by Crippen LogP contribution is 2.23. The van der Waals surface area contributed by atoms with E-state index in [9.17, 15) is 5.11 Å². The molecule has 2 heterocycles. The number of hydrogen-bond acceptors (Lipinski definition) is 4. The van der Waals surface area contributed by atoms with E-state index in [4.69, 9.17) is 9.72 Å². The fraction of sp³-hybridized carbons (Fsp3) is 0.562. The summed E-state index contributed by atoms with van der Waals surface area (Å²) in [6, 6.07) is 3.98. The summed E-state index contributed by atoms with van der Waals surface area (Å²) in [7, 11) is 1.73. The molecule has 0 aromatic carbocycles. The van der Waals surface area contributed by atoms with Crippen LogP contribution in [0.2, 0.25) is 0 Å². The van der Waals surface area contributed by atoms with Gasteiger partial charge in [0.25, 0.3) is 0 Å². The van der Waals surface area contributed by atoms with Gasteiger partial charge in [0.05, 0.1) is 13.2 Å². The highest BCUT2D eigenvalue weighted by Gasteiger charge is 2.15. The summed E-state index contributed by atoms with van der Waals surface area (Å²) in [4.78, 5) is 6.98. The van der Waals surface area contributed by atoms with Crippen LogP contribution in [-0.4, -0.2) is 36.9 Å². The Hall–Kier alpha value is -1.39. The van der Waals surface area contributed by atoms with Gasteiger partial charge in [-0.1, -0.05) is 19.9 Å². The van der Waals surface area contributed by atoms with Crippen molar-refractivity contribution in [1.82, 2.24) is 4.98 Å². The molecule has 1 aliphatic heterocycles. The molecule has 0 amide bonds. The lowest BCUT2D eigenvalue weighted by Gasteiger charge is -2.28. The third-order valence-electron chi connectivity index (χ3n) is 3.62. The lowest BCUT2D eigenvalue weighted by molar-refractivity contribution is 0.222. The first-order valence-corrected chi connectivity index (χ1v) is 7.17. The van der Waals surface area contributed by atoms with Gasteiger partial charge in [-0.2, -0.15) is 0 Å². The smallest absolute Gasteiger partial charge is 0.129 e. The molecule has 0 saturated heterocycles. The van der Waals surface area contributed by atoms with Gasteiger partial charge in [-0.25, -0.2) is 4.98 Å². The van der Waals surface area contributed by atoms with E-state index in [1.165, 1.54) is 5.57 Å². The van der Waals surface area contributed by atoms with Gasteiger partial charge in [-0.15, -0.1) is 0 Å². The zero-order chi connectivity index (χ0) is 14.5. The van der Waals surface area contributed by atoms with Crippen LogP contribution in [0, 0.1) is 0 Å². The van der Waals surface area contributed by atoms with Crippen molar-refractivity contribution in [1.29, 1.82) is 0 Å². The van der Waals surface area contributed by atoms with Gasteiger partial charge < -0.3 is 14.7 Å². The molecule has 1 N–H and O–H groups in total. The molecule has 0 unspecified atom stereocenters. The molecule has 4 nitrogen and oxygen atoms in total. The molecule has 4 heteroatoms. The first kappa shape index (κ1) is 15.0. The van der Waals surface area contributed by atoms with E-state index in [0.29, 0.717) is 5.92 Å². The third kappa shape index (κ3) is 3.58. The Balaban J connectivity index is 2.19. The van der Waals surface area contributed by atoms with Gasteiger partial charge in [-0.05, 0) is 35.6 Å². The van der Waals surface area contributed by atoms with E-state index in [0.717, 1.165) is 43.2 Å². The molecule has 0 aliphatic carbocycles. The van der Waals surface area contributed by atoms with Crippen LogP contribution in [0.15, 0.2) is 23.8 Å². The summed E-state index contributed by atoms with van der Waals surface area (Å²) in [6.45, 7) is 6.84. The lowest BCUT2D eigenvalue weighted by atomic mass is 10.1. The largest absolute Gasteiger partial charge is 0.392 e. The molecule has 0 atom stereocenters. The highest BCUT2D eigenvalue weighted by molar-refractivity contribution is 5.45. The molecule has 1 aromatic heterocycles. The molecule has 0 bridgehead atoms. The Kier molecular flexibility index (Phi) is 5.15. The first-order valence-electron chi connectivity index (χ1n) is 7.17. The number of rotatable bonds is 5. The minimum absolute atomic E-state index is 0.0633. The number of pyridine rings is 1. The summed E-state index contributed by atoms with van der Waals surface area (Å²) in [5, 5.41) is 9.40. The Morgan fingerprint density at radius 2 is 2.20 bits per heavy atom. The quantitative estimate of drug-likeness (QED) is 0.839. The Bertz CT molecular complexity index is 483. The topological polar surface area (TPSA) is 45.6 Å². The summed E-state index contributed by atoms with van der Waals surface area (Å²) in [5.41, 5.74) is 3.33. The number of nitrogens with zero attached hydrogens (tertiary/aromatic N) is 2. The van der Waals surface area contributed by atoms with Crippen molar-refractivity contribution in [2.45, 2.75) is 32.8 Å². The van der Waals surface area contributed by atoms with E-state index in [1.54, 1.807) is 7.11 Å². The van der Waals surface area contributed by atoms with Crippen LogP contribution in [0.5, 0.6) is 0 Å². The van der Waals surface area contributed by atoms with Crippen molar-refractivity contribution < 1.29 is 9.84 Å². The van der Waals surface area contributed by atoms with Crippen LogP contribution >= 0.6 is 0 Å². The number of hydrogen-bond donors (Lipinski definition) is 1. The average molecular weight is 276 g/mol. The SMILES string of the molecule is COCC1=CCN(c2cc(CO)cc(C(C)C)n2)CC1. The number of aliphatic hydroxyl groups is 1. The predicted molar refractivity (Wildman–Crippen MR) is 81.0 cm³/mol. The molecule has 1 aromatic rings. The van der Waals surface area contributed by atoms with Crippen molar-refractivity contribution >= 4 is 5.82 Å². The van der Waals surface area contributed by atoms with Gasteiger partial charge >= 0.3 is 0 Å². The minimum Gasteiger partial charge on any atom is -0.392 e. The van der Waals surface area contributed by atoms with Gasteiger partial charge in [-0.3, -0.25) is 0 Å². The molecule has 0 saturated carbocycles. The van der Waals surface area contributed by atoms with Crippen LogP contribution in [0.1, 0.15) is 37.4 Å². The Labute approximate surface area is 121 Å². The van der Waals surface area contributed by atoms with E-state index in [-0.39, 0.29) is 6.61 Å². The predicted octanol–water partition coefficient (Wildman–Crippen LogP) is 2.48. The molecular formula is C16H24N2O2. The second-order valence-electron chi connectivity index (χ2n) is 5.56. The minimum atomic E-state index is 0.0633. The first-order chi connectivity index (χ1) is 9.63. The van der Waals surface area contributed by atoms with Crippen molar-refractivity contribution in [3.63, 3.8) is 0 Å². The van der Waals surface area contributed by atoms with Crippen LogP contribution in [0.4, 0.5) is 5.82 Å². The van der Waals surface area contributed by atoms with Crippen LogP contribution < -0.4 is 4.90 Å². The summed E-state index contributed by atoms with van der Waals surface area (Å²) in [5.74, 6) is 1.33. The molecule has 20 heavy (non-hydrogen) atoms. The highest BCUT2D eigenvalue weighted by atomic mass is 16.5. The van der Waals surface area contributed by atoms with Crippen LogP contribution in [-0.2, 0) is 11.3 Å². The molecule has 0 fully saturated rings. The number of aromatic nitrogens is 1. The van der Waals surface area contributed by atoms with Crippen LogP contribution in [0.3, 0.4) is 0 Å². The van der Waals surface area contributed by atoms with Gasteiger partial charge in [0.15, 0.2) is 0 Å².